The van der Waals surface area contributed by atoms with Gasteiger partial charge in [-0.25, -0.2) is 0 Å². The molecule has 0 aliphatic heterocycles. The molecule has 0 saturated carbocycles. The highest BCUT2D eigenvalue weighted by Crippen LogP contribution is 2.35. The van der Waals surface area contributed by atoms with Crippen LogP contribution in [0.1, 0.15) is 39.6 Å². The Kier molecular flexibility index (Phi) is 6.00. The van der Waals surface area contributed by atoms with E-state index in [1.165, 1.54) is 12.1 Å². The molecule has 2 aromatic carbocycles. The van der Waals surface area contributed by atoms with Gasteiger partial charge in [0.1, 0.15) is 0 Å². The molecular weight excluding hydrogens is 415 g/mol. The van der Waals surface area contributed by atoms with Crippen LogP contribution in [0.4, 0.5) is 13.2 Å². The third-order valence-electron chi connectivity index (χ3n) is 4.61. The summed E-state index contributed by atoms with van der Waals surface area (Å²) < 4.78 is 40.5. The minimum Gasteiger partial charge on any atom is -0.493 e. The van der Waals surface area contributed by atoms with Crippen LogP contribution in [0.3, 0.4) is 0 Å². The lowest BCUT2D eigenvalue weighted by atomic mass is 9.98. The second-order valence-corrected chi connectivity index (χ2v) is 6.79. The summed E-state index contributed by atoms with van der Waals surface area (Å²) in [6.45, 7) is 1.75. The molecule has 0 unspecified atom stereocenters. The number of carboxylic acids is 1. The summed E-state index contributed by atoms with van der Waals surface area (Å²) >= 11 is 0. The predicted octanol–water partition coefficient (Wildman–Crippen LogP) is 3.85. The standard InChI is InChI=1S/C21H18F3N3O4/c1-12-6-2-3-7-13(12)15(11-19(29)30)25-20(31)16-10-18(28)27(26-16)17-9-5-4-8-14(17)21(22,23)24/h2-10,15,28H,11H2,1H3,(H,25,31)(H,29,30)/t15-/m0/s1. The van der Waals surface area contributed by atoms with E-state index < -0.39 is 47.6 Å². The molecule has 0 radical (unpaired) electrons. The molecule has 1 heterocycles. The molecule has 0 bridgehead atoms. The zero-order valence-corrected chi connectivity index (χ0v) is 16.2. The van der Waals surface area contributed by atoms with Crippen molar-refractivity contribution in [2.75, 3.05) is 0 Å². The lowest BCUT2D eigenvalue weighted by molar-refractivity contribution is -0.138. The number of hydrogen-bond donors (Lipinski definition) is 3. The van der Waals surface area contributed by atoms with Crippen LogP contribution in [0.2, 0.25) is 0 Å². The number of alkyl halides is 3. The van der Waals surface area contributed by atoms with Gasteiger partial charge < -0.3 is 15.5 Å². The molecule has 1 amide bonds. The summed E-state index contributed by atoms with van der Waals surface area (Å²) in [7, 11) is 0. The number of carboxylic acid groups (broad SMARTS) is 1. The summed E-state index contributed by atoms with van der Waals surface area (Å²) in [5.41, 5.74) is -0.527. The van der Waals surface area contributed by atoms with Gasteiger partial charge in [-0.1, -0.05) is 36.4 Å². The third-order valence-corrected chi connectivity index (χ3v) is 4.61. The van der Waals surface area contributed by atoms with Crippen LogP contribution in [0.25, 0.3) is 5.69 Å². The second-order valence-electron chi connectivity index (χ2n) is 6.79. The molecule has 0 fully saturated rings. The average molecular weight is 433 g/mol. The monoisotopic (exact) mass is 433 g/mol. The number of carbonyl (C=O) groups excluding carboxylic acids is 1. The van der Waals surface area contributed by atoms with E-state index in [1.807, 2.05) is 0 Å². The van der Waals surface area contributed by atoms with Gasteiger partial charge in [0.05, 0.1) is 23.7 Å². The van der Waals surface area contributed by atoms with E-state index in [9.17, 15) is 33.0 Å². The summed E-state index contributed by atoms with van der Waals surface area (Å²) in [6, 6.07) is 11.4. The predicted molar refractivity (Wildman–Crippen MR) is 104 cm³/mol. The highest BCUT2D eigenvalue weighted by molar-refractivity contribution is 5.93. The normalized spacial score (nSPS) is 12.4. The molecule has 31 heavy (non-hydrogen) atoms. The molecule has 3 aromatic rings. The number of nitrogens with one attached hydrogen (secondary N) is 1. The van der Waals surface area contributed by atoms with Crippen molar-refractivity contribution in [2.24, 2.45) is 0 Å². The van der Waals surface area contributed by atoms with Crippen LogP contribution in [0.5, 0.6) is 5.88 Å². The number of para-hydroxylation sites is 1. The lowest BCUT2D eigenvalue weighted by Gasteiger charge is -2.18. The van der Waals surface area contributed by atoms with Crippen molar-refractivity contribution in [3.63, 3.8) is 0 Å². The SMILES string of the molecule is Cc1ccccc1[C@H](CC(=O)O)NC(=O)c1cc(O)n(-c2ccccc2C(F)(F)F)n1. The Morgan fingerprint density at radius 1 is 1.13 bits per heavy atom. The van der Waals surface area contributed by atoms with E-state index in [4.69, 9.17) is 0 Å². The van der Waals surface area contributed by atoms with Crippen LogP contribution in [0, 0.1) is 6.92 Å². The maximum absolute atomic E-state index is 13.3. The summed E-state index contributed by atoms with van der Waals surface area (Å²) in [5, 5.41) is 25.7. The molecule has 1 atom stereocenters. The number of rotatable bonds is 6. The Labute approximate surface area is 174 Å². The number of aliphatic carboxylic acids is 1. The first-order chi connectivity index (χ1) is 14.6. The zero-order valence-electron chi connectivity index (χ0n) is 16.2. The maximum atomic E-state index is 13.3. The number of aromatic nitrogens is 2. The molecule has 0 aliphatic carbocycles. The molecule has 0 aliphatic rings. The zero-order chi connectivity index (χ0) is 22.8. The van der Waals surface area contributed by atoms with Crippen molar-refractivity contribution < 1.29 is 33.0 Å². The Bertz CT molecular complexity index is 1130. The number of aryl methyl sites for hydroxylation is 1. The third kappa shape index (κ3) is 4.85. The Hall–Kier alpha value is -3.82. The minimum absolute atomic E-state index is 0.363. The first-order valence-corrected chi connectivity index (χ1v) is 9.11. The number of hydrogen-bond acceptors (Lipinski definition) is 4. The molecule has 0 saturated heterocycles. The number of amides is 1. The van der Waals surface area contributed by atoms with Crippen LogP contribution < -0.4 is 5.32 Å². The quantitative estimate of drug-likeness (QED) is 0.548. The molecule has 162 valence electrons. The summed E-state index contributed by atoms with van der Waals surface area (Å²) in [4.78, 5) is 24.0. The van der Waals surface area contributed by atoms with Gasteiger partial charge in [0, 0.05) is 6.07 Å². The topological polar surface area (TPSA) is 104 Å². The highest BCUT2D eigenvalue weighted by atomic mass is 19.4. The molecule has 3 N–H and O–H groups in total. The molecule has 7 nitrogen and oxygen atoms in total. The van der Waals surface area contributed by atoms with Crippen LogP contribution in [-0.2, 0) is 11.0 Å². The van der Waals surface area contributed by atoms with Gasteiger partial charge in [-0.15, -0.1) is 0 Å². The largest absolute Gasteiger partial charge is 0.493 e. The first kappa shape index (κ1) is 21.9. The number of aromatic hydroxyl groups is 1. The number of halogens is 3. The fourth-order valence-electron chi connectivity index (χ4n) is 3.18. The van der Waals surface area contributed by atoms with Gasteiger partial charge in [0.15, 0.2) is 5.69 Å². The number of carbonyl (C=O) groups is 2. The average Bonchev–Trinajstić information content (AvgIpc) is 3.08. The Morgan fingerprint density at radius 2 is 1.77 bits per heavy atom. The summed E-state index contributed by atoms with van der Waals surface area (Å²) in [5.74, 6) is -2.67. The van der Waals surface area contributed by atoms with Gasteiger partial charge in [-0.05, 0) is 30.2 Å². The number of nitrogens with zero attached hydrogens (tertiary/aromatic N) is 2. The minimum atomic E-state index is -4.70. The van der Waals surface area contributed by atoms with E-state index in [1.54, 1.807) is 31.2 Å². The van der Waals surface area contributed by atoms with Crippen molar-refractivity contribution in [2.45, 2.75) is 25.6 Å². The van der Waals surface area contributed by atoms with E-state index in [-0.39, 0.29) is 5.69 Å². The molecule has 0 spiro atoms. The van der Waals surface area contributed by atoms with E-state index >= 15 is 0 Å². The van der Waals surface area contributed by atoms with Crippen molar-refractivity contribution in [1.29, 1.82) is 0 Å². The van der Waals surface area contributed by atoms with E-state index in [0.717, 1.165) is 23.8 Å². The van der Waals surface area contributed by atoms with Gasteiger partial charge in [0.2, 0.25) is 5.88 Å². The fraction of sp³-hybridized carbons (Fsp3) is 0.190. The second kappa shape index (κ2) is 8.50. The first-order valence-electron chi connectivity index (χ1n) is 9.11. The highest BCUT2D eigenvalue weighted by Gasteiger charge is 2.34. The van der Waals surface area contributed by atoms with Crippen molar-refractivity contribution in [3.8, 4) is 11.6 Å². The van der Waals surface area contributed by atoms with Crippen LogP contribution in [0.15, 0.2) is 54.6 Å². The maximum Gasteiger partial charge on any atom is 0.418 e. The Morgan fingerprint density at radius 3 is 2.42 bits per heavy atom. The lowest BCUT2D eigenvalue weighted by Crippen LogP contribution is -2.31. The van der Waals surface area contributed by atoms with Crippen molar-refractivity contribution in [3.05, 3.63) is 77.0 Å². The van der Waals surface area contributed by atoms with Gasteiger partial charge in [-0.3, -0.25) is 9.59 Å². The molecular formula is C21H18F3N3O4. The van der Waals surface area contributed by atoms with E-state index in [0.29, 0.717) is 10.2 Å². The van der Waals surface area contributed by atoms with E-state index in [2.05, 4.69) is 10.4 Å². The van der Waals surface area contributed by atoms with Crippen LogP contribution >= 0.6 is 0 Å². The molecule has 3 rings (SSSR count). The van der Waals surface area contributed by atoms with Gasteiger partial charge in [0.25, 0.3) is 5.91 Å². The summed E-state index contributed by atoms with van der Waals surface area (Å²) in [6.07, 6.45) is -5.12. The van der Waals surface area contributed by atoms with Gasteiger partial charge >= 0.3 is 12.1 Å². The molecule has 1 aromatic heterocycles. The van der Waals surface area contributed by atoms with Crippen LogP contribution in [-0.4, -0.2) is 31.9 Å². The molecule has 10 heteroatoms. The van der Waals surface area contributed by atoms with Crippen molar-refractivity contribution >= 4 is 11.9 Å². The Balaban J connectivity index is 1.94. The number of benzene rings is 2. The smallest absolute Gasteiger partial charge is 0.418 e. The fourth-order valence-corrected chi connectivity index (χ4v) is 3.18. The van der Waals surface area contributed by atoms with Gasteiger partial charge in [-0.2, -0.15) is 23.0 Å². The van der Waals surface area contributed by atoms with Crippen molar-refractivity contribution in [1.82, 2.24) is 15.1 Å².